The number of halogens is 6. The molecule has 0 aliphatic heterocycles. The van der Waals surface area contributed by atoms with Gasteiger partial charge in [0.2, 0.25) is 0 Å². The highest BCUT2D eigenvalue weighted by Gasteiger charge is 2.27. The Morgan fingerprint density at radius 2 is 1.32 bits per heavy atom. The lowest BCUT2D eigenvalue weighted by Gasteiger charge is -2.07. The van der Waals surface area contributed by atoms with Crippen LogP contribution in [0, 0.1) is 0 Å². The minimum absolute atomic E-state index is 0. The maximum atomic E-state index is 12.0. The second-order valence-corrected chi connectivity index (χ2v) is 8.17. The summed E-state index contributed by atoms with van der Waals surface area (Å²) < 4.78 is 72.4. The summed E-state index contributed by atoms with van der Waals surface area (Å²) in [4.78, 5) is 30.4. The van der Waals surface area contributed by atoms with Crippen LogP contribution < -0.4 is 11.1 Å². The van der Waals surface area contributed by atoms with E-state index >= 15 is 0 Å². The van der Waals surface area contributed by atoms with Gasteiger partial charge < -0.3 is 25.3 Å². The molecule has 0 spiro atoms. The molecular formula is C25H30F6N6O3. The third kappa shape index (κ3) is 9.87. The quantitative estimate of drug-likeness (QED) is 0.285. The smallest absolute Gasteiger partial charge is 0.390 e. The van der Waals surface area contributed by atoms with Gasteiger partial charge in [-0.05, 0) is 12.1 Å². The molecule has 4 rings (SSSR count). The second-order valence-electron chi connectivity index (χ2n) is 8.17. The third-order valence-electron chi connectivity index (χ3n) is 5.18. The molecule has 0 aliphatic rings. The lowest BCUT2D eigenvalue weighted by Crippen LogP contribution is -2.27. The van der Waals surface area contributed by atoms with Crippen molar-refractivity contribution in [3.8, 4) is 0 Å². The Morgan fingerprint density at radius 1 is 0.875 bits per heavy atom. The minimum atomic E-state index is -4.27. The lowest BCUT2D eigenvalue weighted by molar-refractivity contribution is -0.133. The Hall–Kier alpha value is -4.14. The number of nitrogens with one attached hydrogen (secondary N) is 1. The molecule has 0 unspecified atom stereocenters. The molecule has 4 aromatic heterocycles. The summed E-state index contributed by atoms with van der Waals surface area (Å²) in [5.41, 5.74) is 6.90. The average molecular weight is 577 g/mol. The van der Waals surface area contributed by atoms with E-state index in [1.54, 1.807) is 59.3 Å². The summed E-state index contributed by atoms with van der Waals surface area (Å²) in [7, 11) is 3.57. The van der Waals surface area contributed by atoms with Gasteiger partial charge in [-0.25, -0.2) is 4.79 Å². The molecule has 0 radical (unpaired) electrons. The zero-order chi connectivity index (χ0) is 29.4. The zero-order valence-corrected chi connectivity index (χ0v) is 20.8. The molecule has 4 N–H and O–H groups in total. The SMILES string of the molecule is C.Cn1cc(C(=O)NCCC(F)(F)F)c2cnccc21.Cn1cc(C(=O)O)c2cnccc21.NCCC(F)(F)F. The molecule has 1 amide bonds. The number of amides is 1. The van der Waals surface area contributed by atoms with Crippen LogP contribution in [0.4, 0.5) is 26.3 Å². The van der Waals surface area contributed by atoms with Crippen LogP contribution in [0.15, 0.2) is 49.3 Å². The van der Waals surface area contributed by atoms with Gasteiger partial charge in [-0.2, -0.15) is 26.3 Å². The summed E-state index contributed by atoms with van der Waals surface area (Å²) in [6, 6.07) is 3.53. The number of aromatic carboxylic acids is 1. The van der Waals surface area contributed by atoms with Crippen LogP contribution in [-0.2, 0) is 14.1 Å². The number of hydrogen-bond acceptors (Lipinski definition) is 5. The Morgan fingerprint density at radius 3 is 1.73 bits per heavy atom. The first-order valence-corrected chi connectivity index (χ1v) is 11.3. The van der Waals surface area contributed by atoms with Gasteiger partial charge in [0.25, 0.3) is 5.91 Å². The van der Waals surface area contributed by atoms with Gasteiger partial charge in [0.05, 0.1) is 35.0 Å². The number of aryl methyl sites for hydroxylation is 2. The zero-order valence-electron chi connectivity index (χ0n) is 20.8. The van der Waals surface area contributed by atoms with E-state index in [4.69, 9.17) is 5.11 Å². The van der Waals surface area contributed by atoms with E-state index in [0.29, 0.717) is 21.9 Å². The first-order chi connectivity index (χ1) is 18.1. The van der Waals surface area contributed by atoms with Gasteiger partial charge >= 0.3 is 18.3 Å². The Kier molecular flexibility index (Phi) is 12.1. The highest BCUT2D eigenvalue weighted by Crippen LogP contribution is 2.21. The molecule has 220 valence electrons. The predicted molar refractivity (Wildman–Crippen MR) is 138 cm³/mol. The van der Waals surface area contributed by atoms with Crippen LogP contribution in [0.2, 0.25) is 0 Å². The van der Waals surface area contributed by atoms with Crippen molar-refractivity contribution in [1.82, 2.24) is 24.4 Å². The number of carboxylic acid groups (broad SMARTS) is 1. The minimum Gasteiger partial charge on any atom is -0.478 e. The first-order valence-electron chi connectivity index (χ1n) is 11.3. The number of carbonyl (C=O) groups is 2. The number of rotatable bonds is 5. The summed E-state index contributed by atoms with van der Waals surface area (Å²) in [6.07, 6.45) is -0.768. The second kappa shape index (κ2) is 14.3. The number of hydrogen-bond donors (Lipinski definition) is 3. The van der Waals surface area contributed by atoms with Crippen molar-refractivity contribution in [2.24, 2.45) is 19.8 Å². The molecular weight excluding hydrogens is 546 g/mol. The van der Waals surface area contributed by atoms with Crippen molar-refractivity contribution in [3.05, 3.63) is 60.4 Å². The van der Waals surface area contributed by atoms with Crippen LogP contribution in [0.3, 0.4) is 0 Å². The van der Waals surface area contributed by atoms with Gasteiger partial charge in [-0.1, -0.05) is 7.43 Å². The summed E-state index contributed by atoms with van der Waals surface area (Å²) in [6.45, 7) is -0.748. The van der Waals surface area contributed by atoms with E-state index in [1.807, 2.05) is 7.05 Å². The molecule has 0 fully saturated rings. The molecule has 40 heavy (non-hydrogen) atoms. The maximum absolute atomic E-state index is 12.0. The highest BCUT2D eigenvalue weighted by molar-refractivity contribution is 6.06. The fourth-order valence-electron chi connectivity index (χ4n) is 3.40. The maximum Gasteiger partial charge on any atom is 0.390 e. The first kappa shape index (κ1) is 33.9. The molecule has 0 bridgehead atoms. The van der Waals surface area contributed by atoms with Gasteiger partial charge in [-0.3, -0.25) is 14.8 Å². The van der Waals surface area contributed by atoms with Crippen molar-refractivity contribution >= 4 is 33.7 Å². The number of alkyl halides is 6. The van der Waals surface area contributed by atoms with E-state index in [1.165, 1.54) is 6.20 Å². The van der Waals surface area contributed by atoms with Crippen molar-refractivity contribution in [3.63, 3.8) is 0 Å². The van der Waals surface area contributed by atoms with E-state index in [-0.39, 0.29) is 14.0 Å². The van der Waals surface area contributed by atoms with E-state index in [2.05, 4.69) is 21.0 Å². The number of nitrogens with two attached hydrogens (primary N) is 1. The van der Waals surface area contributed by atoms with Crippen LogP contribution >= 0.6 is 0 Å². The number of nitrogens with zero attached hydrogens (tertiary/aromatic N) is 4. The standard InChI is InChI=1S/C12H12F3N3O.C9H8N2O2.C3H6F3N.CH4/c1-18-7-9(8-6-16-4-2-10(8)18)11(19)17-5-3-12(13,14)15;1-11-5-7(9(12)13)6-4-10-3-2-8(6)11;4-3(5,6)1-2-7;/h2,4,6-7H,3,5H2,1H3,(H,17,19);2-5H,1H3,(H,12,13);1-2,7H2;1H4. The molecule has 0 saturated carbocycles. The summed E-state index contributed by atoms with van der Waals surface area (Å²) in [5, 5.41) is 12.4. The number of aromatic nitrogens is 4. The van der Waals surface area contributed by atoms with Crippen LogP contribution in [0.1, 0.15) is 41.0 Å². The van der Waals surface area contributed by atoms with E-state index in [9.17, 15) is 35.9 Å². The molecule has 0 aliphatic carbocycles. The molecule has 4 aromatic rings. The molecule has 0 saturated heterocycles. The topological polar surface area (TPSA) is 128 Å². The monoisotopic (exact) mass is 576 g/mol. The summed E-state index contributed by atoms with van der Waals surface area (Å²) in [5.74, 6) is -1.44. The number of pyridine rings is 2. The van der Waals surface area contributed by atoms with Crippen molar-refractivity contribution < 1.29 is 41.0 Å². The Bertz CT molecular complexity index is 1410. The third-order valence-corrected chi connectivity index (χ3v) is 5.18. The largest absolute Gasteiger partial charge is 0.478 e. The Balaban J connectivity index is 0.000000331. The molecule has 0 aromatic carbocycles. The number of carboxylic acids is 1. The molecule has 0 atom stereocenters. The van der Waals surface area contributed by atoms with Crippen molar-refractivity contribution in [1.29, 1.82) is 0 Å². The van der Waals surface area contributed by atoms with Crippen LogP contribution in [-0.4, -0.2) is 61.5 Å². The molecule has 15 heteroatoms. The van der Waals surface area contributed by atoms with Gasteiger partial charge in [0.15, 0.2) is 0 Å². The summed E-state index contributed by atoms with van der Waals surface area (Å²) >= 11 is 0. The molecule has 9 nitrogen and oxygen atoms in total. The average Bonchev–Trinajstić information content (AvgIpc) is 3.36. The predicted octanol–water partition coefficient (Wildman–Crippen LogP) is 5.06. The highest BCUT2D eigenvalue weighted by atomic mass is 19.4. The van der Waals surface area contributed by atoms with Gasteiger partial charge in [-0.15, -0.1) is 0 Å². The number of carbonyl (C=O) groups excluding carboxylic acids is 1. The van der Waals surface area contributed by atoms with Crippen molar-refractivity contribution in [2.45, 2.75) is 32.6 Å². The lowest BCUT2D eigenvalue weighted by atomic mass is 10.2. The fraction of sp³-hybridized carbons (Fsp3) is 0.360. The van der Waals surface area contributed by atoms with E-state index in [0.717, 1.165) is 11.0 Å². The van der Waals surface area contributed by atoms with Crippen LogP contribution in [0.25, 0.3) is 21.8 Å². The molecule has 4 heterocycles. The van der Waals surface area contributed by atoms with E-state index < -0.39 is 43.6 Å². The fourth-order valence-corrected chi connectivity index (χ4v) is 3.40. The number of fused-ring (bicyclic) bond motifs is 2. The van der Waals surface area contributed by atoms with Crippen LogP contribution in [0.5, 0.6) is 0 Å². The normalized spacial score (nSPS) is 11.1. The van der Waals surface area contributed by atoms with Crippen molar-refractivity contribution in [2.75, 3.05) is 13.1 Å². The Labute approximate surface area is 225 Å². The van der Waals surface area contributed by atoms with Gasteiger partial charge in [0.1, 0.15) is 0 Å². The van der Waals surface area contributed by atoms with Gasteiger partial charge in [0, 0.05) is 75.1 Å².